The second-order valence-corrected chi connectivity index (χ2v) is 7.21. The Labute approximate surface area is 167 Å². The third-order valence-corrected chi connectivity index (χ3v) is 4.80. The molecule has 1 fully saturated rings. The third kappa shape index (κ3) is 3.94. The van der Waals surface area contributed by atoms with Crippen molar-refractivity contribution in [1.29, 1.82) is 0 Å². The first-order valence-electron chi connectivity index (χ1n) is 8.67. The molecule has 0 bridgehead atoms. The van der Waals surface area contributed by atoms with Gasteiger partial charge in [0.25, 0.3) is 11.8 Å². The van der Waals surface area contributed by atoms with E-state index in [2.05, 4.69) is 16.0 Å². The van der Waals surface area contributed by atoms with Crippen molar-refractivity contribution in [1.82, 2.24) is 10.6 Å². The fourth-order valence-electron chi connectivity index (χ4n) is 2.89. The van der Waals surface area contributed by atoms with Crippen molar-refractivity contribution < 1.29 is 19.1 Å². The van der Waals surface area contributed by atoms with E-state index in [0.29, 0.717) is 22.0 Å². The summed E-state index contributed by atoms with van der Waals surface area (Å²) >= 11 is 5.93. The molecular weight excluding hydrogens is 382 g/mol. The van der Waals surface area contributed by atoms with Gasteiger partial charge in [0.2, 0.25) is 0 Å². The number of carbonyl (C=O) groups excluding carboxylic acids is 3. The first-order valence-corrected chi connectivity index (χ1v) is 9.04. The molecule has 2 atom stereocenters. The fourth-order valence-corrected chi connectivity index (χ4v) is 3.11. The molecule has 2 aromatic rings. The van der Waals surface area contributed by atoms with Gasteiger partial charge in [-0.25, -0.2) is 4.79 Å². The number of halogens is 1. The Hall–Kier alpha value is -3.06. The number of benzene rings is 2. The number of hydrogen-bond acceptors (Lipinski definition) is 4. The van der Waals surface area contributed by atoms with Crippen LogP contribution in [-0.2, 0) is 15.1 Å². The highest BCUT2D eigenvalue weighted by Gasteiger charge is 2.43. The molecule has 1 aliphatic heterocycles. The van der Waals surface area contributed by atoms with Crippen LogP contribution in [0.4, 0.5) is 10.5 Å². The first-order chi connectivity index (χ1) is 13.2. The van der Waals surface area contributed by atoms with Crippen LogP contribution in [0.2, 0.25) is 5.02 Å². The molecule has 0 spiro atoms. The monoisotopic (exact) mass is 401 g/mol. The minimum absolute atomic E-state index is 0.350. The number of amides is 4. The van der Waals surface area contributed by atoms with Crippen molar-refractivity contribution in [3.63, 3.8) is 0 Å². The first kappa shape index (κ1) is 19.7. The molecule has 1 heterocycles. The largest absolute Gasteiger partial charge is 0.481 e. The van der Waals surface area contributed by atoms with E-state index in [-0.39, 0.29) is 5.91 Å². The molecule has 1 saturated heterocycles. The van der Waals surface area contributed by atoms with Crippen molar-refractivity contribution in [3.05, 3.63) is 58.6 Å². The summed E-state index contributed by atoms with van der Waals surface area (Å²) in [5.41, 5.74) is 0.669. The van der Waals surface area contributed by atoms with Crippen molar-refractivity contribution >= 4 is 35.1 Å². The van der Waals surface area contributed by atoms with Gasteiger partial charge in [0.05, 0.1) is 0 Å². The van der Waals surface area contributed by atoms with E-state index in [0.717, 1.165) is 5.56 Å². The molecular formula is C20H20ClN3O4. The van der Waals surface area contributed by atoms with E-state index < -0.39 is 23.6 Å². The number of rotatable bonds is 5. The van der Waals surface area contributed by atoms with Crippen LogP contribution in [0.5, 0.6) is 5.75 Å². The van der Waals surface area contributed by atoms with Crippen LogP contribution in [0, 0.1) is 6.92 Å². The smallest absolute Gasteiger partial charge is 0.322 e. The molecule has 0 aliphatic carbocycles. The molecule has 0 unspecified atom stereocenters. The number of anilines is 1. The summed E-state index contributed by atoms with van der Waals surface area (Å²) in [7, 11) is 0. The van der Waals surface area contributed by atoms with E-state index in [1.807, 2.05) is 6.92 Å². The summed E-state index contributed by atoms with van der Waals surface area (Å²) in [4.78, 5) is 36.1. The molecule has 28 heavy (non-hydrogen) atoms. The van der Waals surface area contributed by atoms with Gasteiger partial charge in [0, 0.05) is 10.7 Å². The highest BCUT2D eigenvalue weighted by molar-refractivity contribution is 6.30. The third-order valence-electron chi connectivity index (χ3n) is 4.56. The van der Waals surface area contributed by atoms with Gasteiger partial charge in [-0.05, 0) is 62.2 Å². The van der Waals surface area contributed by atoms with Gasteiger partial charge in [-0.3, -0.25) is 14.9 Å². The topological polar surface area (TPSA) is 96.5 Å². The zero-order chi connectivity index (χ0) is 20.5. The number of nitrogens with one attached hydrogen (secondary N) is 3. The zero-order valence-corrected chi connectivity index (χ0v) is 16.4. The molecule has 0 saturated carbocycles. The van der Waals surface area contributed by atoms with E-state index in [1.54, 1.807) is 56.3 Å². The second-order valence-electron chi connectivity index (χ2n) is 6.77. The summed E-state index contributed by atoms with van der Waals surface area (Å²) in [5.74, 6) is -0.230. The lowest BCUT2D eigenvalue weighted by Crippen LogP contribution is -2.40. The molecule has 2 aromatic carbocycles. The summed E-state index contributed by atoms with van der Waals surface area (Å²) in [5, 5.41) is 8.17. The minimum atomic E-state index is -1.19. The minimum Gasteiger partial charge on any atom is -0.481 e. The van der Waals surface area contributed by atoms with Crippen LogP contribution in [0.25, 0.3) is 0 Å². The maximum atomic E-state index is 12.5. The number of ether oxygens (including phenoxy) is 1. The van der Waals surface area contributed by atoms with Crippen LogP contribution in [-0.4, -0.2) is 23.9 Å². The summed E-state index contributed by atoms with van der Waals surface area (Å²) in [6.07, 6.45) is -0.756. The lowest BCUT2D eigenvalue weighted by molar-refractivity contribution is -0.123. The number of aryl methyl sites for hydroxylation is 1. The molecule has 146 valence electrons. The van der Waals surface area contributed by atoms with E-state index in [1.165, 1.54) is 0 Å². The standard InChI is InChI=1S/C20H20ClN3O4/c1-11-9-14(21)7-8-16(11)28-12(2)17(25)22-15-6-4-5-13(10-15)20(3)18(26)23-19(27)24-20/h4-10,12H,1-3H3,(H,22,25)(H2,23,24,26,27)/t12-,20-/m0/s1. The van der Waals surface area contributed by atoms with Crippen molar-refractivity contribution in [2.45, 2.75) is 32.4 Å². The van der Waals surface area contributed by atoms with Crippen molar-refractivity contribution in [2.75, 3.05) is 5.32 Å². The molecule has 0 aromatic heterocycles. The molecule has 1 aliphatic rings. The average molecular weight is 402 g/mol. The predicted octanol–water partition coefficient (Wildman–Crippen LogP) is 3.11. The Kier molecular flexibility index (Phi) is 5.29. The Morgan fingerprint density at radius 3 is 2.61 bits per heavy atom. The van der Waals surface area contributed by atoms with E-state index >= 15 is 0 Å². The van der Waals surface area contributed by atoms with Crippen molar-refractivity contribution in [3.8, 4) is 5.75 Å². The molecule has 3 rings (SSSR count). The number of imide groups is 1. The maximum absolute atomic E-state index is 12.5. The molecule has 7 nitrogen and oxygen atoms in total. The highest BCUT2D eigenvalue weighted by Crippen LogP contribution is 2.27. The van der Waals surface area contributed by atoms with Crippen molar-refractivity contribution in [2.24, 2.45) is 0 Å². The van der Waals surface area contributed by atoms with Crippen LogP contribution >= 0.6 is 11.6 Å². The number of urea groups is 1. The maximum Gasteiger partial charge on any atom is 0.322 e. The van der Waals surface area contributed by atoms with Gasteiger partial charge in [0.1, 0.15) is 11.3 Å². The lowest BCUT2D eigenvalue weighted by Gasteiger charge is -2.22. The quantitative estimate of drug-likeness (QED) is 0.670. The SMILES string of the molecule is Cc1cc(Cl)ccc1O[C@@H](C)C(=O)Nc1cccc([C@]2(C)NC(=O)NC2=O)c1. The Balaban J connectivity index is 1.72. The van der Waals surface area contributed by atoms with Crippen LogP contribution in [0.1, 0.15) is 25.0 Å². The summed E-state index contributed by atoms with van der Waals surface area (Å²) < 4.78 is 5.72. The zero-order valence-electron chi connectivity index (χ0n) is 15.6. The normalized spacial score (nSPS) is 19.6. The molecule has 0 radical (unpaired) electrons. The Bertz CT molecular complexity index is 962. The molecule has 8 heteroatoms. The van der Waals surface area contributed by atoms with Crippen LogP contribution in [0.15, 0.2) is 42.5 Å². The highest BCUT2D eigenvalue weighted by atomic mass is 35.5. The van der Waals surface area contributed by atoms with Gasteiger partial charge in [0.15, 0.2) is 6.10 Å². The fraction of sp³-hybridized carbons (Fsp3) is 0.250. The van der Waals surface area contributed by atoms with Gasteiger partial charge in [-0.1, -0.05) is 23.7 Å². The Morgan fingerprint density at radius 1 is 1.21 bits per heavy atom. The summed E-state index contributed by atoms with van der Waals surface area (Å²) in [6, 6.07) is 11.3. The predicted molar refractivity (Wildman–Crippen MR) is 105 cm³/mol. The van der Waals surface area contributed by atoms with Gasteiger partial charge in [-0.2, -0.15) is 0 Å². The Morgan fingerprint density at radius 2 is 1.96 bits per heavy atom. The van der Waals surface area contributed by atoms with Gasteiger partial charge < -0.3 is 15.4 Å². The van der Waals surface area contributed by atoms with Crippen LogP contribution in [0.3, 0.4) is 0 Å². The summed E-state index contributed by atoms with van der Waals surface area (Å²) in [6.45, 7) is 5.08. The van der Waals surface area contributed by atoms with Gasteiger partial charge >= 0.3 is 6.03 Å². The molecule has 4 amide bonds. The molecule has 3 N–H and O–H groups in total. The average Bonchev–Trinajstić information content (AvgIpc) is 2.90. The van der Waals surface area contributed by atoms with E-state index in [4.69, 9.17) is 16.3 Å². The van der Waals surface area contributed by atoms with Gasteiger partial charge in [-0.15, -0.1) is 0 Å². The lowest BCUT2D eigenvalue weighted by atomic mass is 9.92. The number of hydrogen-bond donors (Lipinski definition) is 3. The van der Waals surface area contributed by atoms with E-state index in [9.17, 15) is 14.4 Å². The number of carbonyl (C=O) groups is 3. The second kappa shape index (κ2) is 7.52. The van der Waals surface area contributed by atoms with Crippen LogP contribution < -0.4 is 20.7 Å².